The molecular weight excluding hydrogens is 230 g/mol. The van der Waals surface area contributed by atoms with Gasteiger partial charge in [-0.2, -0.15) is 0 Å². The molecule has 0 bridgehead atoms. The van der Waals surface area contributed by atoms with Crippen molar-refractivity contribution in [3.8, 4) is 5.75 Å². The fourth-order valence-corrected chi connectivity index (χ4v) is 1.53. The van der Waals surface area contributed by atoms with E-state index in [1.54, 1.807) is 31.2 Å². The van der Waals surface area contributed by atoms with Crippen LogP contribution in [0.25, 0.3) is 0 Å². The van der Waals surface area contributed by atoms with E-state index in [1.165, 1.54) is 12.3 Å². The Morgan fingerprint density at radius 2 is 2.17 bits per heavy atom. The van der Waals surface area contributed by atoms with Crippen molar-refractivity contribution in [3.63, 3.8) is 0 Å². The first-order valence-corrected chi connectivity index (χ1v) is 5.39. The van der Waals surface area contributed by atoms with Gasteiger partial charge in [0.2, 0.25) is 0 Å². The van der Waals surface area contributed by atoms with Crippen molar-refractivity contribution in [1.29, 1.82) is 0 Å². The lowest BCUT2D eigenvalue weighted by atomic mass is 10.2. The maximum Gasteiger partial charge on any atom is 0.276 e. The highest BCUT2D eigenvalue weighted by Crippen LogP contribution is 2.20. The Morgan fingerprint density at radius 3 is 2.83 bits per heavy atom. The number of anilines is 2. The van der Waals surface area contributed by atoms with Crippen molar-refractivity contribution in [3.05, 3.63) is 47.8 Å². The number of carbonyl (C=O) groups is 1. The molecule has 92 valence electrons. The first-order chi connectivity index (χ1) is 8.58. The summed E-state index contributed by atoms with van der Waals surface area (Å²) in [6.07, 6.45) is 1.51. The SMILES string of the molecule is Cc1cc(NC(=O)c2ncccc2N)ccc1O. The van der Waals surface area contributed by atoms with E-state index in [1.807, 2.05) is 0 Å². The number of hydrogen-bond acceptors (Lipinski definition) is 4. The predicted molar refractivity (Wildman–Crippen MR) is 69.4 cm³/mol. The first-order valence-electron chi connectivity index (χ1n) is 5.39. The first kappa shape index (κ1) is 11.9. The number of nitrogen functional groups attached to an aromatic ring is 1. The van der Waals surface area contributed by atoms with Crippen LogP contribution in [0.4, 0.5) is 11.4 Å². The Kier molecular flexibility index (Phi) is 3.14. The van der Waals surface area contributed by atoms with E-state index >= 15 is 0 Å². The highest BCUT2D eigenvalue weighted by molar-refractivity contribution is 6.06. The number of benzene rings is 1. The van der Waals surface area contributed by atoms with Crippen LogP contribution in [0, 0.1) is 6.92 Å². The topological polar surface area (TPSA) is 88.2 Å². The van der Waals surface area contributed by atoms with Crippen LogP contribution in [0.1, 0.15) is 16.1 Å². The number of aromatic hydroxyl groups is 1. The summed E-state index contributed by atoms with van der Waals surface area (Å²) >= 11 is 0. The molecule has 0 aliphatic rings. The fraction of sp³-hybridized carbons (Fsp3) is 0.0769. The minimum absolute atomic E-state index is 0.184. The minimum atomic E-state index is -0.377. The summed E-state index contributed by atoms with van der Waals surface area (Å²) in [5, 5.41) is 12.1. The lowest BCUT2D eigenvalue weighted by Crippen LogP contribution is -2.15. The number of nitrogens with one attached hydrogen (secondary N) is 1. The van der Waals surface area contributed by atoms with Crippen LogP contribution in [0.3, 0.4) is 0 Å². The Bertz CT molecular complexity index is 597. The normalized spacial score (nSPS) is 10.1. The largest absolute Gasteiger partial charge is 0.508 e. The molecule has 5 heteroatoms. The molecule has 2 rings (SSSR count). The van der Waals surface area contributed by atoms with Crippen molar-refractivity contribution < 1.29 is 9.90 Å². The average molecular weight is 243 g/mol. The van der Waals surface area contributed by atoms with Gasteiger partial charge in [-0.15, -0.1) is 0 Å². The highest BCUT2D eigenvalue weighted by Gasteiger charge is 2.11. The third-order valence-electron chi connectivity index (χ3n) is 2.51. The molecule has 0 unspecified atom stereocenters. The molecule has 0 spiro atoms. The standard InChI is InChI=1S/C13H13N3O2/c1-8-7-9(4-5-11(8)17)16-13(18)12-10(14)3-2-6-15-12/h2-7,17H,14H2,1H3,(H,16,18). The number of nitrogens with zero attached hydrogens (tertiary/aromatic N) is 1. The number of nitrogens with two attached hydrogens (primary N) is 1. The highest BCUT2D eigenvalue weighted by atomic mass is 16.3. The van der Waals surface area contributed by atoms with Crippen molar-refractivity contribution in [2.75, 3.05) is 11.1 Å². The fourth-order valence-electron chi connectivity index (χ4n) is 1.53. The van der Waals surface area contributed by atoms with Crippen LogP contribution in [0.2, 0.25) is 0 Å². The monoisotopic (exact) mass is 243 g/mol. The molecule has 0 radical (unpaired) electrons. The van der Waals surface area contributed by atoms with E-state index in [9.17, 15) is 9.90 Å². The van der Waals surface area contributed by atoms with Gasteiger partial charge in [-0.05, 0) is 42.8 Å². The van der Waals surface area contributed by atoms with Crippen LogP contribution in [-0.4, -0.2) is 16.0 Å². The summed E-state index contributed by atoms with van der Waals surface area (Å²) in [6.45, 7) is 1.75. The number of rotatable bonds is 2. The van der Waals surface area contributed by atoms with E-state index in [2.05, 4.69) is 10.3 Å². The van der Waals surface area contributed by atoms with Crippen LogP contribution < -0.4 is 11.1 Å². The molecule has 0 aliphatic carbocycles. The van der Waals surface area contributed by atoms with Crippen LogP contribution >= 0.6 is 0 Å². The van der Waals surface area contributed by atoms with Gasteiger partial charge < -0.3 is 16.2 Å². The number of phenols is 1. The van der Waals surface area contributed by atoms with Crippen LogP contribution in [0.5, 0.6) is 5.75 Å². The molecule has 0 saturated carbocycles. The molecule has 0 saturated heterocycles. The summed E-state index contributed by atoms with van der Waals surface area (Å²) < 4.78 is 0. The summed E-state index contributed by atoms with van der Waals surface area (Å²) in [5.41, 5.74) is 7.44. The van der Waals surface area contributed by atoms with Crippen molar-refractivity contribution in [1.82, 2.24) is 4.98 Å². The molecule has 2 aromatic rings. The van der Waals surface area contributed by atoms with Crippen LogP contribution in [-0.2, 0) is 0 Å². The zero-order chi connectivity index (χ0) is 13.1. The molecule has 1 amide bonds. The van der Waals surface area contributed by atoms with Crippen molar-refractivity contribution in [2.24, 2.45) is 0 Å². The molecular formula is C13H13N3O2. The summed E-state index contributed by atoms with van der Waals surface area (Å²) in [4.78, 5) is 15.8. The van der Waals surface area contributed by atoms with Gasteiger partial charge in [-0.1, -0.05) is 0 Å². The number of aryl methyl sites for hydroxylation is 1. The second kappa shape index (κ2) is 4.75. The number of carbonyl (C=O) groups excluding carboxylic acids is 1. The molecule has 0 aliphatic heterocycles. The van der Waals surface area contributed by atoms with Gasteiger partial charge in [0.25, 0.3) is 5.91 Å². The molecule has 18 heavy (non-hydrogen) atoms. The van der Waals surface area contributed by atoms with E-state index in [-0.39, 0.29) is 17.4 Å². The Labute approximate surface area is 104 Å². The summed E-state index contributed by atoms with van der Waals surface area (Å²) in [5.74, 6) is -0.191. The van der Waals surface area contributed by atoms with Gasteiger partial charge in [-0.25, -0.2) is 4.98 Å². The Hall–Kier alpha value is -2.56. The van der Waals surface area contributed by atoms with Gasteiger partial charge in [0.15, 0.2) is 5.69 Å². The van der Waals surface area contributed by atoms with Gasteiger partial charge in [-0.3, -0.25) is 4.79 Å². The lowest BCUT2D eigenvalue weighted by Gasteiger charge is -2.07. The second-order valence-corrected chi connectivity index (χ2v) is 3.90. The van der Waals surface area contributed by atoms with E-state index < -0.39 is 0 Å². The molecule has 1 aromatic heterocycles. The molecule has 0 fully saturated rings. The molecule has 1 aromatic carbocycles. The quantitative estimate of drug-likeness (QED) is 0.703. The third kappa shape index (κ3) is 2.40. The van der Waals surface area contributed by atoms with Crippen molar-refractivity contribution >= 4 is 17.3 Å². The summed E-state index contributed by atoms with van der Waals surface area (Å²) in [6, 6.07) is 8.08. The van der Waals surface area contributed by atoms with Gasteiger partial charge in [0, 0.05) is 11.9 Å². The lowest BCUT2D eigenvalue weighted by molar-refractivity contribution is 0.102. The number of hydrogen-bond donors (Lipinski definition) is 3. The Morgan fingerprint density at radius 1 is 1.39 bits per heavy atom. The average Bonchev–Trinajstić information content (AvgIpc) is 2.34. The van der Waals surface area contributed by atoms with E-state index in [0.717, 1.165) is 0 Å². The molecule has 0 atom stereocenters. The third-order valence-corrected chi connectivity index (χ3v) is 2.51. The zero-order valence-electron chi connectivity index (χ0n) is 9.84. The zero-order valence-corrected chi connectivity index (χ0v) is 9.84. The number of aromatic nitrogens is 1. The van der Waals surface area contributed by atoms with Crippen LogP contribution in [0.15, 0.2) is 36.5 Å². The maximum atomic E-state index is 11.9. The number of pyridine rings is 1. The molecule has 5 nitrogen and oxygen atoms in total. The van der Waals surface area contributed by atoms with E-state index in [0.29, 0.717) is 16.9 Å². The van der Waals surface area contributed by atoms with E-state index in [4.69, 9.17) is 5.73 Å². The van der Waals surface area contributed by atoms with Gasteiger partial charge in [0.1, 0.15) is 5.75 Å². The number of amides is 1. The Balaban J connectivity index is 2.22. The van der Waals surface area contributed by atoms with Gasteiger partial charge in [0.05, 0.1) is 5.69 Å². The minimum Gasteiger partial charge on any atom is -0.508 e. The second-order valence-electron chi connectivity index (χ2n) is 3.90. The number of phenolic OH excluding ortho intramolecular Hbond substituents is 1. The molecule has 1 heterocycles. The van der Waals surface area contributed by atoms with Crippen molar-refractivity contribution in [2.45, 2.75) is 6.92 Å². The predicted octanol–water partition coefficient (Wildman–Crippen LogP) is 1.93. The van der Waals surface area contributed by atoms with Gasteiger partial charge >= 0.3 is 0 Å². The maximum absolute atomic E-state index is 11.9. The molecule has 4 N–H and O–H groups in total. The smallest absolute Gasteiger partial charge is 0.276 e. The summed E-state index contributed by atoms with van der Waals surface area (Å²) in [7, 11) is 0.